The second-order valence-corrected chi connectivity index (χ2v) is 6.26. The third kappa shape index (κ3) is 3.65. The molecule has 0 aliphatic heterocycles. The molecular weight excluding hydrogens is 345 g/mol. The highest BCUT2D eigenvalue weighted by atomic mass is 79.9. The van der Waals surface area contributed by atoms with Gasteiger partial charge in [-0.15, -0.1) is 0 Å². The van der Waals surface area contributed by atoms with E-state index in [1.54, 1.807) is 0 Å². The van der Waals surface area contributed by atoms with Crippen LogP contribution in [-0.4, -0.2) is 0 Å². The predicted molar refractivity (Wildman–Crippen MR) is 87.4 cm³/mol. The van der Waals surface area contributed by atoms with Crippen molar-refractivity contribution in [1.29, 1.82) is 0 Å². The highest BCUT2D eigenvalue weighted by Crippen LogP contribution is 2.34. The molecule has 0 spiro atoms. The van der Waals surface area contributed by atoms with Gasteiger partial charge in [-0.25, -0.2) is 0 Å². The molecule has 2 aromatic rings. The van der Waals surface area contributed by atoms with Gasteiger partial charge in [0.05, 0.1) is 15.7 Å². The largest absolute Gasteiger partial charge is 0.379 e. The molecule has 19 heavy (non-hydrogen) atoms. The number of hydrogen-bond acceptors (Lipinski definition) is 1. The van der Waals surface area contributed by atoms with E-state index in [-0.39, 0.29) is 0 Å². The van der Waals surface area contributed by atoms with Gasteiger partial charge in [0.15, 0.2) is 0 Å². The molecule has 2 aromatic carbocycles. The van der Waals surface area contributed by atoms with Gasteiger partial charge in [-0.1, -0.05) is 62.9 Å². The van der Waals surface area contributed by atoms with Crippen molar-refractivity contribution < 1.29 is 0 Å². The Morgan fingerprint density at radius 1 is 1.05 bits per heavy atom. The van der Waals surface area contributed by atoms with Crippen LogP contribution in [0, 0.1) is 13.8 Å². The van der Waals surface area contributed by atoms with E-state index in [1.807, 2.05) is 12.1 Å². The quantitative estimate of drug-likeness (QED) is 0.710. The van der Waals surface area contributed by atoms with E-state index in [0.717, 1.165) is 10.2 Å². The molecule has 1 N–H and O–H groups in total. The standard InChI is InChI=1S/C15H14BrCl2N/c1-9-3-4-10(2)11(5-9)8-19-15-13(17)6-12(16)7-14(15)18/h3-7,19H,8H2,1-2H3. The Morgan fingerprint density at radius 3 is 2.32 bits per heavy atom. The molecule has 0 aliphatic carbocycles. The van der Waals surface area contributed by atoms with Crippen molar-refractivity contribution in [3.63, 3.8) is 0 Å². The lowest BCUT2D eigenvalue weighted by Gasteiger charge is -2.13. The van der Waals surface area contributed by atoms with Crippen LogP contribution in [0.25, 0.3) is 0 Å². The Bertz CT molecular complexity index is 588. The van der Waals surface area contributed by atoms with E-state index >= 15 is 0 Å². The topological polar surface area (TPSA) is 12.0 Å². The van der Waals surface area contributed by atoms with Crippen LogP contribution in [0.1, 0.15) is 16.7 Å². The minimum absolute atomic E-state index is 0.615. The second kappa shape index (κ2) is 6.17. The summed E-state index contributed by atoms with van der Waals surface area (Å²) in [4.78, 5) is 0. The van der Waals surface area contributed by atoms with Gasteiger partial charge >= 0.3 is 0 Å². The van der Waals surface area contributed by atoms with Crippen LogP contribution >= 0.6 is 39.1 Å². The monoisotopic (exact) mass is 357 g/mol. The molecule has 0 heterocycles. The molecule has 0 aromatic heterocycles. The molecule has 0 atom stereocenters. The number of benzene rings is 2. The van der Waals surface area contributed by atoms with Gasteiger partial charge in [0.2, 0.25) is 0 Å². The van der Waals surface area contributed by atoms with E-state index in [0.29, 0.717) is 16.6 Å². The lowest BCUT2D eigenvalue weighted by atomic mass is 10.1. The summed E-state index contributed by atoms with van der Waals surface area (Å²) in [6, 6.07) is 10.1. The number of anilines is 1. The lowest BCUT2D eigenvalue weighted by molar-refractivity contribution is 1.11. The number of aryl methyl sites for hydroxylation is 2. The number of halogens is 3. The first-order valence-electron chi connectivity index (χ1n) is 5.92. The fourth-order valence-electron chi connectivity index (χ4n) is 1.89. The van der Waals surface area contributed by atoms with Gasteiger partial charge < -0.3 is 5.32 Å². The Morgan fingerprint density at radius 2 is 1.68 bits per heavy atom. The second-order valence-electron chi connectivity index (χ2n) is 4.53. The molecule has 0 saturated carbocycles. The van der Waals surface area contributed by atoms with E-state index in [9.17, 15) is 0 Å². The van der Waals surface area contributed by atoms with Gasteiger partial charge in [0.1, 0.15) is 0 Å². The van der Waals surface area contributed by atoms with Gasteiger partial charge in [-0.05, 0) is 37.1 Å². The van der Waals surface area contributed by atoms with E-state index in [2.05, 4.69) is 53.3 Å². The van der Waals surface area contributed by atoms with Crippen LogP contribution in [-0.2, 0) is 6.54 Å². The van der Waals surface area contributed by atoms with Crippen LogP contribution in [0.2, 0.25) is 10.0 Å². The maximum Gasteiger partial charge on any atom is 0.0722 e. The third-order valence-corrected chi connectivity index (χ3v) is 4.02. The first kappa shape index (κ1) is 14.7. The summed E-state index contributed by atoms with van der Waals surface area (Å²) in [7, 11) is 0. The zero-order valence-electron chi connectivity index (χ0n) is 10.7. The van der Waals surface area contributed by atoms with Crippen LogP contribution in [0.15, 0.2) is 34.8 Å². The van der Waals surface area contributed by atoms with Crippen LogP contribution in [0.4, 0.5) is 5.69 Å². The average Bonchev–Trinajstić information content (AvgIpc) is 2.32. The molecule has 100 valence electrons. The Labute approximate surface area is 132 Å². The summed E-state index contributed by atoms with van der Waals surface area (Å²) in [6.07, 6.45) is 0. The minimum Gasteiger partial charge on any atom is -0.379 e. The van der Waals surface area contributed by atoms with Crippen LogP contribution in [0.5, 0.6) is 0 Å². The Hall–Kier alpha value is -0.700. The van der Waals surface area contributed by atoms with Crippen molar-refractivity contribution in [3.05, 3.63) is 61.5 Å². The number of nitrogens with one attached hydrogen (secondary N) is 1. The van der Waals surface area contributed by atoms with E-state index < -0.39 is 0 Å². The average molecular weight is 359 g/mol. The van der Waals surface area contributed by atoms with Crippen molar-refractivity contribution in [3.8, 4) is 0 Å². The Balaban J connectivity index is 2.21. The molecule has 0 radical (unpaired) electrons. The van der Waals surface area contributed by atoms with Crippen LogP contribution < -0.4 is 5.32 Å². The predicted octanol–water partition coefficient (Wildman–Crippen LogP) is 5.98. The SMILES string of the molecule is Cc1ccc(C)c(CNc2c(Cl)cc(Br)cc2Cl)c1. The molecular formula is C15H14BrCl2N. The number of rotatable bonds is 3. The summed E-state index contributed by atoms with van der Waals surface area (Å²) < 4.78 is 0.875. The molecule has 0 amide bonds. The van der Waals surface area contributed by atoms with Gasteiger partial charge in [-0.3, -0.25) is 0 Å². The summed E-state index contributed by atoms with van der Waals surface area (Å²) in [5.74, 6) is 0. The zero-order chi connectivity index (χ0) is 14.0. The Kier molecular flexibility index (Phi) is 4.77. The normalized spacial score (nSPS) is 10.6. The maximum absolute atomic E-state index is 6.20. The van der Waals surface area contributed by atoms with Crippen molar-refractivity contribution in [2.75, 3.05) is 5.32 Å². The van der Waals surface area contributed by atoms with Crippen LogP contribution in [0.3, 0.4) is 0 Å². The number of hydrogen-bond donors (Lipinski definition) is 1. The molecule has 1 nitrogen and oxygen atoms in total. The summed E-state index contributed by atoms with van der Waals surface area (Å²) in [6.45, 7) is 4.89. The third-order valence-electron chi connectivity index (χ3n) is 2.97. The maximum atomic E-state index is 6.20. The summed E-state index contributed by atoms with van der Waals surface area (Å²) in [5, 5.41) is 4.54. The first-order chi connectivity index (χ1) is 8.97. The van der Waals surface area contributed by atoms with E-state index in [4.69, 9.17) is 23.2 Å². The minimum atomic E-state index is 0.615. The molecule has 0 saturated heterocycles. The summed E-state index contributed by atoms with van der Waals surface area (Å²) in [5.41, 5.74) is 4.51. The fraction of sp³-hybridized carbons (Fsp3) is 0.200. The molecule has 0 aliphatic rings. The van der Waals surface area contributed by atoms with Gasteiger partial charge in [-0.2, -0.15) is 0 Å². The van der Waals surface area contributed by atoms with Gasteiger partial charge in [0, 0.05) is 11.0 Å². The first-order valence-corrected chi connectivity index (χ1v) is 7.47. The van der Waals surface area contributed by atoms with E-state index in [1.165, 1.54) is 16.7 Å². The molecule has 4 heteroatoms. The van der Waals surface area contributed by atoms with Crippen molar-refractivity contribution >= 4 is 44.8 Å². The fourth-order valence-corrected chi connectivity index (χ4v) is 3.23. The smallest absolute Gasteiger partial charge is 0.0722 e. The highest BCUT2D eigenvalue weighted by Gasteiger charge is 2.08. The van der Waals surface area contributed by atoms with Crippen molar-refractivity contribution in [2.45, 2.75) is 20.4 Å². The van der Waals surface area contributed by atoms with Gasteiger partial charge in [0.25, 0.3) is 0 Å². The van der Waals surface area contributed by atoms with Crippen molar-refractivity contribution in [1.82, 2.24) is 0 Å². The molecule has 0 fully saturated rings. The highest BCUT2D eigenvalue weighted by molar-refractivity contribution is 9.10. The molecule has 0 bridgehead atoms. The summed E-state index contributed by atoms with van der Waals surface area (Å²) >= 11 is 15.8. The molecule has 2 rings (SSSR count). The lowest BCUT2D eigenvalue weighted by Crippen LogP contribution is -2.03. The van der Waals surface area contributed by atoms with Crippen molar-refractivity contribution in [2.24, 2.45) is 0 Å². The zero-order valence-corrected chi connectivity index (χ0v) is 13.8. The molecule has 0 unspecified atom stereocenters.